The third kappa shape index (κ3) is 6.52. The molecule has 5 N–H and O–H groups in total. The fourth-order valence-electron chi connectivity index (χ4n) is 4.05. The van der Waals surface area contributed by atoms with Crippen LogP contribution in [-0.4, -0.2) is 65.9 Å². The maximum absolute atomic E-state index is 13.1. The van der Waals surface area contributed by atoms with Crippen molar-refractivity contribution >= 4 is 23.7 Å². The van der Waals surface area contributed by atoms with Crippen LogP contribution in [0.3, 0.4) is 0 Å². The smallest absolute Gasteiger partial charge is 0.322 e. The average molecular weight is 433 g/mol. The van der Waals surface area contributed by atoms with Crippen molar-refractivity contribution in [1.82, 2.24) is 15.5 Å². The number of carbonyl (C=O) groups is 4. The molecule has 31 heavy (non-hydrogen) atoms. The Labute approximate surface area is 182 Å². The molecule has 1 saturated heterocycles. The van der Waals surface area contributed by atoms with Crippen molar-refractivity contribution < 1.29 is 24.3 Å². The second-order valence-electron chi connectivity index (χ2n) is 7.89. The molecule has 0 aromatic heterocycles. The Hall–Kier alpha value is -2.94. The minimum Gasteiger partial charge on any atom is -0.480 e. The Morgan fingerprint density at radius 3 is 2.32 bits per heavy atom. The molecule has 9 nitrogen and oxygen atoms in total. The Balaban J connectivity index is 2.15. The van der Waals surface area contributed by atoms with Crippen LogP contribution in [0.5, 0.6) is 0 Å². The number of nitrogens with one attached hydrogen (secondary N) is 2. The lowest BCUT2D eigenvalue weighted by atomic mass is 9.72. The summed E-state index contributed by atoms with van der Waals surface area (Å²) in [6.45, 7) is 2.12. The largest absolute Gasteiger partial charge is 0.480 e. The SMILES string of the molecule is CC(=O)NC(CCCCN)C(=O)N1CCC(C(=O)NCC(=O)O)(c2ccccc2)CC1. The number of rotatable bonds is 10. The van der Waals surface area contributed by atoms with Crippen molar-refractivity contribution in [3.05, 3.63) is 35.9 Å². The zero-order chi connectivity index (χ0) is 22.9. The first-order valence-electron chi connectivity index (χ1n) is 10.6. The number of piperidine rings is 1. The number of hydrogen-bond donors (Lipinski definition) is 4. The van der Waals surface area contributed by atoms with E-state index in [-0.39, 0.29) is 17.7 Å². The molecule has 1 fully saturated rings. The molecule has 0 spiro atoms. The van der Waals surface area contributed by atoms with Gasteiger partial charge in [0.05, 0.1) is 5.41 Å². The molecule has 1 aliphatic rings. The second kappa shape index (κ2) is 11.5. The lowest BCUT2D eigenvalue weighted by Gasteiger charge is -2.42. The Morgan fingerprint density at radius 2 is 1.77 bits per heavy atom. The minimum absolute atomic E-state index is 0.167. The van der Waals surface area contributed by atoms with Crippen molar-refractivity contribution in [2.24, 2.45) is 5.73 Å². The summed E-state index contributed by atoms with van der Waals surface area (Å²) >= 11 is 0. The third-order valence-corrected chi connectivity index (χ3v) is 5.71. The van der Waals surface area contributed by atoms with Crippen molar-refractivity contribution in [2.75, 3.05) is 26.2 Å². The lowest BCUT2D eigenvalue weighted by molar-refractivity contribution is -0.141. The highest BCUT2D eigenvalue weighted by Gasteiger charge is 2.44. The van der Waals surface area contributed by atoms with E-state index in [4.69, 9.17) is 10.8 Å². The summed E-state index contributed by atoms with van der Waals surface area (Å²) < 4.78 is 0. The number of amides is 3. The molecule has 0 radical (unpaired) electrons. The quantitative estimate of drug-likeness (QED) is 0.394. The van der Waals surface area contributed by atoms with Crippen LogP contribution in [0.15, 0.2) is 30.3 Å². The van der Waals surface area contributed by atoms with Crippen molar-refractivity contribution in [1.29, 1.82) is 0 Å². The van der Waals surface area contributed by atoms with Gasteiger partial charge in [-0.1, -0.05) is 30.3 Å². The molecule has 2 rings (SSSR count). The zero-order valence-corrected chi connectivity index (χ0v) is 17.9. The molecule has 170 valence electrons. The van der Waals surface area contributed by atoms with E-state index in [1.54, 1.807) is 4.90 Å². The van der Waals surface area contributed by atoms with Gasteiger partial charge in [-0.25, -0.2) is 0 Å². The van der Waals surface area contributed by atoms with E-state index < -0.39 is 24.0 Å². The van der Waals surface area contributed by atoms with Gasteiger partial charge in [0.2, 0.25) is 17.7 Å². The van der Waals surface area contributed by atoms with Crippen LogP contribution in [-0.2, 0) is 24.6 Å². The predicted octanol–water partition coefficient (Wildman–Crippen LogP) is 0.381. The first-order chi connectivity index (χ1) is 14.8. The highest BCUT2D eigenvalue weighted by molar-refractivity contribution is 5.91. The summed E-state index contributed by atoms with van der Waals surface area (Å²) in [6.07, 6.45) is 2.74. The number of aliphatic carboxylic acids is 1. The van der Waals surface area contributed by atoms with Crippen LogP contribution in [0.2, 0.25) is 0 Å². The second-order valence-corrected chi connectivity index (χ2v) is 7.89. The summed E-state index contributed by atoms with van der Waals surface area (Å²) in [7, 11) is 0. The molecule has 1 heterocycles. The molecule has 3 amide bonds. The topological polar surface area (TPSA) is 142 Å². The molecule has 0 aliphatic carbocycles. The zero-order valence-electron chi connectivity index (χ0n) is 17.9. The lowest BCUT2D eigenvalue weighted by Crippen LogP contribution is -2.56. The number of benzene rings is 1. The van der Waals surface area contributed by atoms with Crippen molar-refractivity contribution in [3.8, 4) is 0 Å². The Morgan fingerprint density at radius 1 is 1.13 bits per heavy atom. The van der Waals surface area contributed by atoms with Crippen LogP contribution in [0.4, 0.5) is 0 Å². The minimum atomic E-state index is -1.11. The number of likely N-dealkylation sites (tertiary alicyclic amines) is 1. The standard InChI is InChI=1S/C22H32N4O5/c1-16(27)25-18(9-5-6-12-23)20(30)26-13-10-22(11-14-26,17-7-3-2-4-8-17)21(31)24-15-19(28)29/h2-4,7-8,18H,5-6,9-15,23H2,1H3,(H,24,31)(H,25,27)(H,28,29). The number of carboxylic acid groups (broad SMARTS) is 1. The van der Waals surface area contributed by atoms with E-state index in [1.807, 2.05) is 30.3 Å². The molecule has 1 atom stereocenters. The van der Waals surface area contributed by atoms with Gasteiger partial charge < -0.3 is 26.4 Å². The van der Waals surface area contributed by atoms with Gasteiger partial charge in [-0.15, -0.1) is 0 Å². The maximum atomic E-state index is 13.1. The van der Waals surface area contributed by atoms with Gasteiger partial charge in [-0.3, -0.25) is 19.2 Å². The van der Waals surface area contributed by atoms with Crippen LogP contribution in [0.1, 0.15) is 44.6 Å². The summed E-state index contributed by atoms with van der Waals surface area (Å²) in [4.78, 5) is 50.2. The number of carboxylic acids is 1. The van der Waals surface area contributed by atoms with Crippen molar-refractivity contribution in [2.45, 2.75) is 50.5 Å². The van der Waals surface area contributed by atoms with E-state index in [0.29, 0.717) is 38.9 Å². The van der Waals surface area contributed by atoms with Gasteiger partial charge in [0.25, 0.3) is 0 Å². The first kappa shape index (κ1) is 24.3. The summed E-state index contributed by atoms with van der Waals surface area (Å²) in [5.74, 6) is -1.90. The predicted molar refractivity (Wildman–Crippen MR) is 115 cm³/mol. The van der Waals surface area contributed by atoms with E-state index in [1.165, 1.54) is 6.92 Å². The normalized spacial score (nSPS) is 16.3. The molecule has 0 saturated carbocycles. The number of hydrogen-bond acceptors (Lipinski definition) is 5. The van der Waals surface area contributed by atoms with Gasteiger partial charge in [-0.05, 0) is 44.2 Å². The van der Waals surface area contributed by atoms with E-state index >= 15 is 0 Å². The number of unbranched alkanes of at least 4 members (excludes halogenated alkanes) is 1. The fourth-order valence-corrected chi connectivity index (χ4v) is 4.05. The molecular weight excluding hydrogens is 400 g/mol. The van der Waals surface area contributed by atoms with Crippen molar-refractivity contribution in [3.63, 3.8) is 0 Å². The highest BCUT2D eigenvalue weighted by atomic mass is 16.4. The van der Waals surface area contributed by atoms with E-state index in [2.05, 4.69) is 10.6 Å². The summed E-state index contributed by atoms with van der Waals surface area (Å²) in [5.41, 5.74) is 5.43. The molecule has 1 unspecified atom stereocenters. The first-order valence-corrected chi connectivity index (χ1v) is 10.6. The number of nitrogens with two attached hydrogens (primary N) is 1. The van der Waals surface area contributed by atoms with Crippen LogP contribution < -0.4 is 16.4 Å². The molecule has 1 aliphatic heterocycles. The van der Waals surface area contributed by atoms with Gasteiger partial charge in [0.1, 0.15) is 12.6 Å². The van der Waals surface area contributed by atoms with Crippen LogP contribution >= 0.6 is 0 Å². The molecular formula is C22H32N4O5. The maximum Gasteiger partial charge on any atom is 0.322 e. The highest BCUT2D eigenvalue weighted by Crippen LogP contribution is 2.36. The Bertz CT molecular complexity index is 775. The van der Waals surface area contributed by atoms with Gasteiger partial charge in [0, 0.05) is 20.0 Å². The summed E-state index contributed by atoms with van der Waals surface area (Å²) in [6, 6.07) is 8.61. The van der Waals surface area contributed by atoms with Gasteiger partial charge in [-0.2, -0.15) is 0 Å². The molecule has 1 aromatic carbocycles. The van der Waals surface area contributed by atoms with E-state index in [0.717, 1.165) is 18.4 Å². The molecule has 1 aromatic rings. The number of carbonyl (C=O) groups excluding carboxylic acids is 3. The number of nitrogens with zero attached hydrogens (tertiary/aromatic N) is 1. The molecule has 0 bridgehead atoms. The third-order valence-electron chi connectivity index (χ3n) is 5.71. The monoisotopic (exact) mass is 432 g/mol. The van der Waals surface area contributed by atoms with Crippen LogP contribution in [0.25, 0.3) is 0 Å². The van der Waals surface area contributed by atoms with Gasteiger partial charge in [0.15, 0.2) is 0 Å². The average Bonchev–Trinajstić information content (AvgIpc) is 2.76. The molecule has 9 heteroatoms. The van der Waals surface area contributed by atoms with E-state index in [9.17, 15) is 19.2 Å². The Kier molecular flexibility index (Phi) is 8.99. The fraction of sp³-hybridized carbons (Fsp3) is 0.545. The van der Waals surface area contributed by atoms with Gasteiger partial charge >= 0.3 is 5.97 Å². The van der Waals surface area contributed by atoms with Crippen LogP contribution in [0, 0.1) is 0 Å². The summed E-state index contributed by atoms with van der Waals surface area (Å²) in [5, 5.41) is 14.2.